The summed E-state index contributed by atoms with van der Waals surface area (Å²) in [6.45, 7) is 6.27. The Hall–Kier alpha value is -2.28. The Balaban J connectivity index is 1.65. The number of likely N-dealkylation sites (tertiary alicyclic amines) is 1. The van der Waals surface area contributed by atoms with Crippen molar-refractivity contribution in [3.05, 3.63) is 36.2 Å². The van der Waals surface area contributed by atoms with E-state index in [0.717, 1.165) is 4.70 Å². The van der Waals surface area contributed by atoms with Gasteiger partial charge in [-0.25, -0.2) is 9.37 Å². The summed E-state index contributed by atoms with van der Waals surface area (Å²) in [7, 11) is 0. The zero-order chi connectivity index (χ0) is 17.3. The number of benzene rings is 1. The first-order valence-corrected chi connectivity index (χ1v) is 8.58. The zero-order valence-corrected chi connectivity index (χ0v) is 14.2. The number of carbonyl (C=O) groups excluding carboxylic acids is 2. The predicted molar refractivity (Wildman–Crippen MR) is 92.4 cm³/mol. The fourth-order valence-corrected chi connectivity index (χ4v) is 3.75. The molecule has 7 heteroatoms. The summed E-state index contributed by atoms with van der Waals surface area (Å²) in [5, 5.41) is 3.30. The molecule has 0 unspecified atom stereocenters. The van der Waals surface area contributed by atoms with Crippen molar-refractivity contribution < 1.29 is 14.0 Å². The number of piperidine rings is 1. The van der Waals surface area contributed by atoms with Crippen LogP contribution in [0.2, 0.25) is 0 Å². The van der Waals surface area contributed by atoms with Gasteiger partial charge < -0.3 is 10.2 Å². The van der Waals surface area contributed by atoms with Crippen molar-refractivity contribution in [2.75, 3.05) is 18.4 Å². The highest BCUT2D eigenvalue weighted by Gasteiger charge is 2.27. The van der Waals surface area contributed by atoms with Crippen LogP contribution < -0.4 is 5.32 Å². The maximum absolute atomic E-state index is 13.6. The second-order valence-electron chi connectivity index (χ2n) is 5.88. The maximum atomic E-state index is 13.6. The highest BCUT2D eigenvalue weighted by atomic mass is 32.1. The van der Waals surface area contributed by atoms with Gasteiger partial charge in [-0.3, -0.25) is 9.59 Å². The summed E-state index contributed by atoms with van der Waals surface area (Å²) < 4.78 is 14.4. The molecule has 0 spiro atoms. The van der Waals surface area contributed by atoms with E-state index in [0.29, 0.717) is 42.1 Å². The smallest absolute Gasteiger partial charge is 0.245 e. The summed E-state index contributed by atoms with van der Waals surface area (Å²) in [5.41, 5.74) is 1.10. The molecule has 3 rings (SSSR count). The number of hydrogen-bond acceptors (Lipinski definition) is 4. The molecule has 1 saturated heterocycles. The van der Waals surface area contributed by atoms with Crippen molar-refractivity contribution in [2.24, 2.45) is 5.92 Å². The number of halogens is 1. The first-order valence-electron chi connectivity index (χ1n) is 7.77. The molecule has 1 aromatic heterocycles. The lowest BCUT2D eigenvalue weighted by molar-refractivity contribution is -0.130. The van der Waals surface area contributed by atoms with Gasteiger partial charge in [0.15, 0.2) is 5.13 Å². The molecule has 126 valence electrons. The van der Waals surface area contributed by atoms with E-state index in [9.17, 15) is 14.0 Å². The third-order valence-electron chi connectivity index (χ3n) is 4.25. The first kappa shape index (κ1) is 16.6. The second kappa shape index (κ2) is 6.68. The van der Waals surface area contributed by atoms with Crippen molar-refractivity contribution in [3.63, 3.8) is 0 Å². The van der Waals surface area contributed by atoms with Crippen molar-refractivity contribution in [2.45, 2.75) is 19.8 Å². The number of nitrogens with zero attached hydrogens (tertiary/aromatic N) is 2. The molecule has 1 aliphatic rings. The van der Waals surface area contributed by atoms with Crippen LogP contribution in [-0.4, -0.2) is 34.8 Å². The molecule has 0 bridgehead atoms. The van der Waals surface area contributed by atoms with Gasteiger partial charge in [0.1, 0.15) is 5.82 Å². The van der Waals surface area contributed by atoms with Crippen LogP contribution in [0.25, 0.3) is 10.2 Å². The maximum Gasteiger partial charge on any atom is 0.245 e. The largest absolute Gasteiger partial charge is 0.339 e. The van der Waals surface area contributed by atoms with Crippen LogP contribution in [0.15, 0.2) is 24.8 Å². The van der Waals surface area contributed by atoms with Crippen LogP contribution in [0.1, 0.15) is 18.4 Å². The molecular formula is C17H18FN3O2S. The molecule has 0 saturated carbocycles. The van der Waals surface area contributed by atoms with Gasteiger partial charge in [-0.1, -0.05) is 17.9 Å². The lowest BCUT2D eigenvalue weighted by atomic mass is 9.96. The normalized spacial score (nSPS) is 15.5. The standard InChI is InChI=1S/C17H18FN3O2S/c1-3-15(22)21-6-4-11(5-7-21)16(23)20-17-19-13-9-12(18)10(2)8-14(13)24-17/h3,8-9,11H,1,4-7H2,2H3,(H,19,20,23). The van der Waals surface area contributed by atoms with Crippen molar-refractivity contribution in [3.8, 4) is 0 Å². The number of fused-ring (bicyclic) bond motifs is 1. The third-order valence-corrected chi connectivity index (χ3v) is 5.18. The highest BCUT2D eigenvalue weighted by Crippen LogP contribution is 2.29. The predicted octanol–water partition coefficient (Wildman–Crippen LogP) is 3.11. The number of aryl methyl sites for hydroxylation is 1. The van der Waals surface area contributed by atoms with E-state index in [1.54, 1.807) is 17.9 Å². The molecule has 1 aliphatic heterocycles. The van der Waals surface area contributed by atoms with Gasteiger partial charge in [-0.15, -0.1) is 0 Å². The third kappa shape index (κ3) is 3.31. The molecule has 2 amide bonds. The van der Waals surface area contributed by atoms with E-state index in [1.165, 1.54) is 23.5 Å². The Bertz CT molecular complexity index is 771. The Morgan fingerprint density at radius 3 is 2.79 bits per heavy atom. The van der Waals surface area contributed by atoms with E-state index < -0.39 is 0 Å². The Kier molecular flexibility index (Phi) is 4.62. The van der Waals surface area contributed by atoms with Crippen LogP contribution in [-0.2, 0) is 9.59 Å². The summed E-state index contributed by atoms with van der Waals surface area (Å²) in [6, 6.07) is 3.12. The highest BCUT2D eigenvalue weighted by molar-refractivity contribution is 7.22. The minimum Gasteiger partial charge on any atom is -0.339 e. The molecular weight excluding hydrogens is 329 g/mol. The second-order valence-corrected chi connectivity index (χ2v) is 6.91. The summed E-state index contributed by atoms with van der Waals surface area (Å²) >= 11 is 1.33. The van der Waals surface area contributed by atoms with Crippen molar-refractivity contribution in [1.82, 2.24) is 9.88 Å². The topological polar surface area (TPSA) is 62.3 Å². The average molecular weight is 347 g/mol. The molecule has 2 aromatic rings. The minimum atomic E-state index is -0.301. The number of rotatable bonds is 3. The molecule has 5 nitrogen and oxygen atoms in total. The van der Waals surface area contributed by atoms with Gasteiger partial charge in [0.2, 0.25) is 11.8 Å². The van der Waals surface area contributed by atoms with Crippen LogP contribution in [0.5, 0.6) is 0 Å². The fourth-order valence-electron chi connectivity index (χ4n) is 2.80. The van der Waals surface area contributed by atoms with Crippen LogP contribution in [0.3, 0.4) is 0 Å². The number of amides is 2. The lowest BCUT2D eigenvalue weighted by Crippen LogP contribution is -2.40. The van der Waals surface area contributed by atoms with Gasteiger partial charge >= 0.3 is 0 Å². The quantitative estimate of drug-likeness (QED) is 0.868. The van der Waals surface area contributed by atoms with Crippen LogP contribution in [0, 0.1) is 18.7 Å². The van der Waals surface area contributed by atoms with E-state index in [-0.39, 0.29) is 23.5 Å². The van der Waals surface area contributed by atoms with E-state index in [4.69, 9.17) is 0 Å². The monoisotopic (exact) mass is 347 g/mol. The van der Waals surface area contributed by atoms with Gasteiger partial charge in [-0.05, 0) is 37.5 Å². The van der Waals surface area contributed by atoms with Gasteiger partial charge in [0.25, 0.3) is 0 Å². The van der Waals surface area contributed by atoms with Gasteiger partial charge in [0, 0.05) is 25.1 Å². The fraction of sp³-hybridized carbons (Fsp3) is 0.353. The lowest BCUT2D eigenvalue weighted by Gasteiger charge is -2.30. The number of carbonyl (C=O) groups is 2. The summed E-state index contributed by atoms with van der Waals surface area (Å²) in [6.07, 6.45) is 2.52. The van der Waals surface area contributed by atoms with Crippen LogP contribution >= 0.6 is 11.3 Å². The minimum absolute atomic E-state index is 0.0996. The number of anilines is 1. The number of nitrogens with one attached hydrogen (secondary N) is 1. The van der Waals surface area contributed by atoms with Crippen molar-refractivity contribution >= 4 is 38.5 Å². The number of thiazole rings is 1. The van der Waals surface area contributed by atoms with Crippen LogP contribution in [0.4, 0.5) is 9.52 Å². The molecule has 0 radical (unpaired) electrons. The molecule has 24 heavy (non-hydrogen) atoms. The van der Waals surface area contributed by atoms with Gasteiger partial charge in [0.05, 0.1) is 10.2 Å². The summed E-state index contributed by atoms with van der Waals surface area (Å²) in [5.74, 6) is -0.649. The molecule has 1 fully saturated rings. The summed E-state index contributed by atoms with van der Waals surface area (Å²) in [4.78, 5) is 29.9. The average Bonchev–Trinajstić information content (AvgIpc) is 2.95. The molecule has 2 heterocycles. The molecule has 0 aliphatic carbocycles. The molecule has 1 N–H and O–H groups in total. The zero-order valence-electron chi connectivity index (χ0n) is 13.3. The number of aromatic nitrogens is 1. The number of hydrogen-bond donors (Lipinski definition) is 1. The van der Waals surface area contributed by atoms with E-state index in [2.05, 4.69) is 16.9 Å². The Morgan fingerprint density at radius 2 is 2.12 bits per heavy atom. The van der Waals surface area contributed by atoms with E-state index >= 15 is 0 Å². The van der Waals surface area contributed by atoms with Crippen molar-refractivity contribution in [1.29, 1.82) is 0 Å². The molecule has 0 atom stereocenters. The Labute approximate surface area is 143 Å². The molecule has 1 aromatic carbocycles. The first-order chi connectivity index (χ1) is 11.5. The Morgan fingerprint density at radius 1 is 1.42 bits per heavy atom. The van der Waals surface area contributed by atoms with E-state index in [1.807, 2.05) is 0 Å². The van der Waals surface area contributed by atoms with Gasteiger partial charge in [-0.2, -0.15) is 0 Å². The SMILES string of the molecule is C=CC(=O)N1CCC(C(=O)Nc2nc3cc(F)c(C)cc3s2)CC1.